The van der Waals surface area contributed by atoms with E-state index in [0.29, 0.717) is 3.57 Å². The molecule has 6 nitrogen and oxygen atoms in total. The Labute approximate surface area is 217 Å². The average molecular weight is 639 g/mol. The van der Waals surface area contributed by atoms with E-state index in [-0.39, 0.29) is 17.7 Å². The molecule has 0 bridgehead atoms. The molecule has 4 N–H and O–H groups in total. The molecular weight excluding hydrogens is 620 g/mol. The summed E-state index contributed by atoms with van der Waals surface area (Å²) in [4.78, 5) is 12.0. The molecule has 0 fully saturated rings. The van der Waals surface area contributed by atoms with E-state index in [1.54, 1.807) is 0 Å². The third kappa shape index (κ3) is 6.43. The Kier molecular flexibility index (Phi) is 8.76. The molecule has 0 aromatic heterocycles. The van der Waals surface area contributed by atoms with Crippen LogP contribution in [0.4, 0.5) is 39.0 Å². The summed E-state index contributed by atoms with van der Waals surface area (Å²) in [5.74, 6) is -6.56. The molecule has 3 aromatic carbocycles. The Morgan fingerprint density at radius 3 is 2.31 bits per heavy atom. The van der Waals surface area contributed by atoms with Crippen molar-refractivity contribution in [3.05, 3.63) is 86.0 Å². The van der Waals surface area contributed by atoms with Crippen molar-refractivity contribution in [2.45, 2.75) is 12.8 Å². The van der Waals surface area contributed by atoms with Gasteiger partial charge in [0.2, 0.25) is 10.0 Å². The van der Waals surface area contributed by atoms with Gasteiger partial charge in [-0.25, -0.2) is 26.0 Å². The van der Waals surface area contributed by atoms with Gasteiger partial charge in [0.25, 0.3) is 5.91 Å². The van der Waals surface area contributed by atoms with E-state index in [0.717, 1.165) is 18.2 Å². The van der Waals surface area contributed by atoms with Crippen molar-refractivity contribution >= 4 is 55.6 Å². The fraction of sp³-hybridized carbons (Fsp3) is 0.174. The number of nitrogens with one attached hydrogen (secondary N) is 2. The third-order valence-electron chi connectivity index (χ3n) is 5.01. The maximum atomic E-state index is 15.0. The minimum Gasteiger partial charge on any atom is -0.366 e. The van der Waals surface area contributed by atoms with Crippen LogP contribution in [0, 0.1) is 26.8 Å². The number of primary amides is 1. The predicted octanol–water partition coefficient (Wildman–Crippen LogP) is 5.38. The van der Waals surface area contributed by atoms with Crippen molar-refractivity contribution in [1.82, 2.24) is 0 Å². The van der Waals surface area contributed by atoms with E-state index in [1.807, 2.05) is 27.3 Å². The number of alkyl halides is 1. The van der Waals surface area contributed by atoms with Gasteiger partial charge in [0.1, 0.15) is 5.82 Å². The van der Waals surface area contributed by atoms with Gasteiger partial charge in [-0.1, -0.05) is 12.1 Å². The largest absolute Gasteiger partial charge is 0.366 e. The second-order valence-corrected chi connectivity index (χ2v) is 10.7. The molecule has 0 spiro atoms. The van der Waals surface area contributed by atoms with E-state index in [2.05, 4.69) is 5.32 Å². The average Bonchev–Trinajstić information content (AvgIpc) is 2.81. The van der Waals surface area contributed by atoms with Crippen LogP contribution in [0.3, 0.4) is 0 Å². The second-order valence-electron chi connectivity index (χ2n) is 7.62. The van der Waals surface area contributed by atoms with Gasteiger partial charge in [0.15, 0.2) is 17.5 Å². The number of carbonyl (C=O) groups excluding carboxylic acids is 1. The van der Waals surface area contributed by atoms with Gasteiger partial charge < -0.3 is 11.1 Å². The van der Waals surface area contributed by atoms with Crippen molar-refractivity contribution in [3.63, 3.8) is 0 Å². The Hall–Kier alpha value is -2.94. The van der Waals surface area contributed by atoms with E-state index in [9.17, 15) is 30.8 Å². The van der Waals surface area contributed by atoms with Gasteiger partial charge in [-0.05, 0) is 70.5 Å². The molecule has 36 heavy (non-hydrogen) atoms. The topological polar surface area (TPSA) is 101 Å². The second kappa shape index (κ2) is 11.4. The first-order valence-corrected chi connectivity index (χ1v) is 13.0. The molecule has 0 radical (unpaired) electrons. The lowest BCUT2D eigenvalue weighted by Gasteiger charge is -2.16. The van der Waals surface area contributed by atoms with Gasteiger partial charge in [-0.3, -0.25) is 13.9 Å². The van der Waals surface area contributed by atoms with Gasteiger partial charge in [0.05, 0.1) is 35.1 Å². The van der Waals surface area contributed by atoms with Crippen LogP contribution in [-0.2, 0) is 16.4 Å². The van der Waals surface area contributed by atoms with Crippen molar-refractivity contribution in [3.8, 4) is 0 Å². The highest BCUT2D eigenvalue weighted by molar-refractivity contribution is 14.1. The van der Waals surface area contributed by atoms with Crippen LogP contribution in [0.5, 0.6) is 0 Å². The number of anilines is 3. The molecule has 13 heteroatoms. The SMILES string of the molecule is NC(=O)c1cc(Cc2cccc(NS(=O)(=O)CCCF)c2F)c(F)c(F)c1Nc1ccc(I)cc1F. The van der Waals surface area contributed by atoms with Crippen LogP contribution >= 0.6 is 22.6 Å². The molecule has 1 amide bonds. The summed E-state index contributed by atoms with van der Waals surface area (Å²) in [7, 11) is -4.05. The third-order valence-corrected chi connectivity index (χ3v) is 7.04. The lowest BCUT2D eigenvalue weighted by atomic mass is 9.99. The summed E-state index contributed by atoms with van der Waals surface area (Å²) in [6.07, 6.45) is -0.864. The summed E-state index contributed by atoms with van der Waals surface area (Å²) in [6, 6.07) is 8.42. The summed E-state index contributed by atoms with van der Waals surface area (Å²) in [6.45, 7) is -0.877. The molecule has 0 saturated carbocycles. The number of hydrogen-bond acceptors (Lipinski definition) is 4. The highest BCUT2D eigenvalue weighted by Crippen LogP contribution is 2.32. The van der Waals surface area contributed by atoms with Gasteiger partial charge in [-0.2, -0.15) is 0 Å². The van der Waals surface area contributed by atoms with Crippen LogP contribution in [0.2, 0.25) is 0 Å². The lowest BCUT2D eigenvalue weighted by Crippen LogP contribution is -2.18. The number of carbonyl (C=O) groups is 1. The number of hydrogen-bond donors (Lipinski definition) is 3. The van der Waals surface area contributed by atoms with Crippen LogP contribution in [0.15, 0.2) is 42.5 Å². The first-order chi connectivity index (χ1) is 16.9. The smallest absolute Gasteiger partial charge is 0.250 e. The summed E-state index contributed by atoms with van der Waals surface area (Å²) in [5.41, 5.74) is 2.76. The van der Waals surface area contributed by atoms with Crippen molar-refractivity contribution < 1.29 is 35.2 Å². The van der Waals surface area contributed by atoms with Crippen molar-refractivity contribution in [2.75, 3.05) is 22.5 Å². The quantitative estimate of drug-likeness (QED) is 0.205. The molecule has 0 aliphatic heterocycles. The fourth-order valence-electron chi connectivity index (χ4n) is 3.31. The minimum absolute atomic E-state index is 0.223. The molecule has 0 saturated heterocycles. The van der Waals surface area contributed by atoms with Gasteiger partial charge in [-0.15, -0.1) is 0 Å². The predicted molar refractivity (Wildman–Crippen MR) is 134 cm³/mol. The zero-order valence-corrected chi connectivity index (χ0v) is 21.3. The molecule has 3 aromatic rings. The molecule has 0 aliphatic carbocycles. The van der Waals surface area contributed by atoms with E-state index in [1.165, 1.54) is 24.3 Å². The van der Waals surface area contributed by atoms with Crippen LogP contribution in [0.1, 0.15) is 27.9 Å². The normalized spacial score (nSPS) is 11.4. The van der Waals surface area contributed by atoms with Crippen LogP contribution < -0.4 is 15.8 Å². The first kappa shape index (κ1) is 27.6. The standard InChI is InChI=1S/C23H19F5IN3O3S/c24-7-2-8-36(34,35)32-18-4-1-3-12(19(18)26)9-13-10-15(23(30)33)22(21(28)20(13)27)31-17-6-5-14(29)11-16(17)25/h1,3-6,10-11,31-32H,2,7-9H2,(H2,30,33). The summed E-state index contributed by atoms with van der Waals surface area (Å²) < 4.78 is 98.0. The zero-order valence-electron chi connectivity index (χ0n) is 18.3. The Morgan fingerprint density at radius 1 is 0.944 bits per heavy atom. The van der Waals surface area contributed by atoms with Crippen LogP contribution in [-0.4, -0.2) is 26.8 Å². The first-order valence-electron chi connectivity index (χ1n) is 10.3. The maximum Gasteiger partial charge on any atom is 0.250 e. The number of amides is 1. The fourth-order valence-corrected chi connectivity index (χ4v) is 4.85. The maximum absolute atomic E-state index is 15.0. The van der Waals surface area contributed by atoms with Gasteiger partial charge in [0, 0.05) is 9.99 Å². The Morgan fingerprint density at radius 2 is 1.67 bits per heavy atom. The molecular formula is C23H19F5IN3O3S. The van der Waals surface area contributed by atoms with Gasteiger partial charge >= 0.3 is 0 Å². The molecule has 192 valence electrons. The lowest BCUT2D eigenvalue weighted by molar-refractivity contribution is 0.100. The highest BCUT2D eigenvalue weighted by Gasteiger charge is 2.24. The number of sulfonamides is 1. The molecule has 0 heterocycles. The molecule has 0 unspecified atom stereocenters. The van der Waals surface area contributed by atoms with E-state index < -0.39 is 80.5 Å². The summed E-state index contributed by atoms with van der Waals surface area (Å²) in [5, 5.41) is 2.34. The number of benzene rings is 3. The number of halogens is 6. The zero-order chi connectivity index (χ0) is 26.6. The van der Waals surface area contributed by atoms with E-state index >= 15 is 4.39 Å². The van der Waals surface area contributed by atoms with Crippen LogP contribution in [0.25, 0.3) is 0 Å². The minimum atomic E-state index is -4.05. The molecule has 0 aliphatic rings. The molecule has 3 rings (SSSR count). The monoisotopic (exact) mass is 639 g/mol. The van der Waals surface area contributed by atoms with E-state index in [4.69, 9.17) is 5.73 Å². The number of nitrogens with two attached hydrogens (primary N) is 1. The Bertz CT molecular complexity index is 1420. The number of rotatable bonds is 10. The Balaban J connectivity index is 1.99. The highest BCUT2D eigenvalue weighted by atomic mass is 127. The van der Waals surface area contributed by atoms with Crippen molar-refractivity contribution in [1.29, 1.82) is 0 Å². The summed E-state index contributed by atoms with van der Waals surface area (Å²) >= 11 is 1.86. The molecule has 0 atom stereocenters. The van der Waals surface area contributed by atoms with Crippen molar-refractivity contribution in [2.24, 2.45) is 5.73 Å².